The zero-order chi connectivity index (χ0) is 14.8. The van der Waals surface area contributed by atoms with Crippen molar-refractivity contribution in [3.8, 4) is 5.75 Å². The van der Waals surface area contributed by atoms with E-state index in [-0.39, 0.29) is 29.2 Å². The molecule has 1 aromatic rings. The molecular formula is C13H18FNO4S. The first kappa shape index (κ1) is 15.2. The summed E-state index contributed by atoms with van der Waals surface area (Å²) in [6.45, 7) is 2.14. The lowest BCUT2D eigenvalue weighted by Crippen LogP contribution is -2.32. The highest BCUT2D eigenvalue weighted by Crippen LogP contribution is 2.44. The second-order valence-electron chi connectivity index (χ2n) is 5.01. The van der Waals surface area contributed by atoms with Crippen molar-refractivity contribution in [1.82, 2.24) is 4.72 Å². The van der Waals surface area contributed by atoms with E-state index in [0.717, 1.165) is 18.9 Å². The van der Waals surface area contributed by atoms with Gasteiger partial charge in [-0.3, -0.25) is 0 Å². The Labute approximate surface area is 117 Å². The van der Waals surface area contributed by atoms with E-state index in [9.17, 15) is 12.8 Å². The summed E-state index contributed by atoms with van der Waals surface area (Å²) in [7, 11) is -3.77. The van der Waals surface area contributed by atoms with Crippen molar-refractivity contribution >= 4 is 10.0 Å². The van der Waals surface area contributed by atoms with Gasteiger partial charge in [0.2, 0.25) is 10.0 Å². The lowest BCUT2D eigenvalue weighted by Gasteiger charge is -2.13. The molecule has 20 heavy (non-hydrogen) atoms. The van der Waals surface area contributed by atoms with Gasteiger partial charge in [-0.25, -0.2) is 17.5 Å². The van der Waals surface area contributed by atoms with Gasteiger partial charge >= 0.3 is 0 Å². The highest BCUT2D eigenvalue weighted by molar-refractivity contribution is 7.89. The molecule has 5 nitrogen and oxygen atoms in total. The third-order valence-electron chi connectivity index (χ3n) is 3.44. The van der Waals surface area contributed by atoms with Crippen molar-refractivity contribution in [2.24, 2.45) is 5.41 Å². The van der Waals surface area contributed by atoms with Crippen molar-refractivity contribution in [3.63, 3.8) is 0 Å². The van der Waals surface area contributed by atoms with Crippen LogP contribution in [0.1, 0.15) is 19.8 Å². The predicted octanol–water partition coefficient (Wildman–Crippen LogP) is 1.28. The molecule has 0 aliphatic heterocycles. The van der Waals surface area contributed by atoms with Crippen LogP contribution in [0.4, 0.5) is 4.39 Å². The smallest absolute Gasteiger partial charge is 0.240 e. The largest absolute Gasteiger partial charge is 0.491 e. The van der Waals surface area contributed by atoms with Crippen LogP contribution in [0, 0.1) is 11.2 Å². The molecule has 0 amide bonds. The summed E-state index contributed by atoms with van der Waals surface area (Å²) in [6, 6.07) is 3.53. The van der Waals surface area contributed by atoms with Crippen molar-refractivity contribution in [2.75, 3.05) is 19.8 Å². The van der Waals surface area contributed by atoms with Crippen LogP contribution in [0.25, 0.3) is 0 Å². The van der Waals surface area contributed by atoms with Gasteiger partial charge in [-0.1, -0.05) is 0 Å². The lowest BCUT2D eigenvalue weighted by molar-refractivity contribution is 0.213. The molecule has 1 aliphatic rings. The van der Waals surface area contributed by atoms with Crippen LogP contribution in [-0.2, 0) is 10.0 Å². The monoisotopic (exact) mass is 303 g/mol. The third-order valence-corrected chi connectivity index (χ3v) is 4.84. The average molecular weight is 303 g/mol. The number of benzene rings is 1. The second-order valence-corrected chi connectivity index (χ2v) is 6.77. The molecule has 0 atom stereocenters. The molecule has 0 heterocycles. The minimum Gasteiger partial charge on any atom is -0.491 e. The number of hydrogen-bond acceptors (Lipinski definition) is 4. The number of halogens is 1. The molecule has 2 N–H and O–H groups in total. The predicted molar refractivity (Wildman–Crippen MR) is 71.5 cm³/mol. The maximum absolute atomic E-state index is 13.7. The lowest BCUT2D eigenvalue weighted by atomic mass is 10.1. The van der Waals surface area contributed by atoms with Crippen LogP contribution in [-0.4, -0.2) is 33.3 Å². The second kappa shape index (κ2) is 5.67. The maximum Gasteiger partial charge on any atom is 0.240 e. The number of nitrogens with one attached hydrogen (secondary N) is 1. The van der Waals surface area contributed by atoms with Crippen LogP contribution in [0.2, 0.25) is 0 Å². The summed E-state index contributed by atoms with van der Waals surface area (Å²) in [4.78, 5) is -0.146. The number of aliphatic hydroxyl groups is 1. The molecule has 2 rings (SSSR count). The molecule has 1 fully saturated rings. The van der Waals surface area contributed by atoms with Crippen molar-refractivity contribution < 1.29 is 22.7 Å². The summed E-state index contributed by atoms with van der Waals surface area (Å²) in [5.74, 6) is -0.682. The van der Waals surface area contributed by atoms with Gasteiger partial charge in [0.05, 0.1) is 11.5 Å². The van der Waals surface area contributed by atoms with E-state index in [0.29, 0.717) is 6.61 Å². The number of hydrogen-bond donors (Lipinski definition) is 2. The maximum atomic E-state index is 13.7. The fourth-order valence-electron chi connectivity index (χ4n) is 1.82. The molecule has 0 saturated heterocycles. The Hall–Kier alpha value is -1.18. The summed E-state index contributed by atoms with van der Waals surface area (Å²) in [5, 5.41) is 9.15. The Balaban J connectivity index is 2.11. The van der Waals surface area contributed by atoms with Gasteiger partial charge in [0, 0.05) is 18.6 Å². The third kappa shape index (κ3) is 3.28. The Morgan fingerprint density at radius 1 is 1.45 bits per heavy atom. The first-order valence-corrected chi connectivity index (χ1v) is 7.94. The minimum absolute atomic E-state index is 0.0282. The van der Waals surface area contributed by atoms with Gasteiger partial charge in [-0.15, -0.1) is 0 Å². The van der Waals surface area contributed by atoms with Gasteiger partial charge in [-0.2, -0.15) is 0 Å². The van der Waals surface area contributed by atoms with Gasteiger partial charge in [0.15, 0.2) is 11.6 Å². The molecule has 0 bridgehead atoms. The number of aliphatic hydroxyl groups excluding tert-OH is 1. The van der Waals surface area contributed by atoms with E-state index >= 15 is 0 Å². The Morgan fingerprint density at radius 3 is 2.65 bits per heavy atom. The molecular weight excluding hydrogens is 285 g/mol. The molecule has 0 radical (unpaired) electrons. The number of sulfonamides is 1. The Morgan fingerprint density at radius 2 is 2.15 bits per heavy atom. The molecule has 0 unspecified atom stereocenters. The van der Waals surface area contributed by atoms with Crippen molar-refractivity contribution in [3.05, 3.63) is 24.0 Å². The quantitative estimate of drug-likeness (QED) is 0.795. The van der Waals surface area contributed by atoms with E-state index < -0.39 is 15.8 Å². The average Bonchev–Trinajstić information content (AvgIpc) is 3.20. The first-order chi connectivity index (χ1) is 9.42. The van der Waals surface area contributed by atoms with E-state index in [4.69, 9.17) is 9.84 Å². The molecule has 112 valence electrons. The standard InChI is InChI=1S/C13H18FNO4S/c1-2-19-12-4-3-10(7-11(12)14)20(17,18)15-8-13(9-16)5-6-13/h3-4,7,15-16H,2,5-6,8-9H2,1H3. The van der Waals surface area contributed by atoms with Crippen LogP contribution in [0.15, 0.2) is 23.1 Å². The van der Waals surface area contributed by atoms with Gasteiger partial charge in [0.25, 0.3) is 0 Å². The van der Waals surface area contributed by atoms with Gasteiger partial charge < -0.3 is 9.84 Å². The van der Waals surface area contributed by atoms with E-state index in [1.165, 1.54) is 12.1 Å². The SMILES string of the molecule is CCOc1ccc(S(=O)(=O)NCC2(CO)CC2)cc1F. The molecule has 0 aromatic heterocycles. The molecule has 1 aliphatic carbocycles. The van der Waals surface area contributed by atoms with E-state index in [1.807, 2.05) is 0 Å². The highest BCUT2D eigenvalue weighted by Gasteiger charge is 2.42. The first-order valence-electron chi connectivity index (χ1n) is 6.45. The number of ether oxygens (including phenoxy) is 1. The van der Waals surface area contributed by atoms with Gasteiger partial charge in [0.1, 0.15) is 0 Å². The van der Waals surface area contributed by atoms with Crippen LogP contribution in [0.3, 0.4) is 0 Å². The molecule has 1 saturated carbocycles. The minimum atomic E-state index is -3.77. The van der Waals surface area contributed by atoms with Crippen LogP contribution in [0.5, 0.6) is 5.75 Å². The molecule has 0 spiro atoms. The fraction of sp³-hybridized carbons (Fsp3) is 0.538. The topological polar surface area (TPSA) is 75.6 Å². The van der Waals surface area contributed by atoms with Gasteiger partial charge in [-0.05, 0) is 38.0 Å². The zero-order valence-electron chi connectivity index (χ0n) is 11.2. The van der Waals surface area contributed by atoms with Crippen LogP contribution >= 0.6 is 0 Å². The van der Waals surface area contributed by atoms with E-state index in [1.54, 1.807) is 6.92 Å². The number of rotatable bonds is 7. The Kier molecular flexibility index (Phi) is 4.31. The van der Waals surface area contributed by atoms with Crippen molar-refractivity contribution in [1.29, 1.82) is 0 Å². The fourth-order valence-corrected chi connectivity index (χ4v) is 2.99. The van der Waals surface area contributed by atoms with E-state index in [2.05, 4.69) is 4.72 Å². The normalized spacial score (nSPS) is 16.9. The van der Waals surface area contributed by atoms with Crippen molar-refractivity contribution in [2.45, 2.75) is 24.7 Å². The summed E-state index contributed by atoms with van der Waals surface area (Å²) in [6.07, 6.45) is 1.59. The zero-order valence-corrected chi connectivity index (χ0v) is 12.0. The highest BCUT2D eigenvalue weighted by atomic mass is 32.2. The molecule has 7 heteroatoms. The van der Waals surface area contributed by atoms with Crippen LogP contribution < -0.4 is 9.46 Å². The summed E-state index contributed by atoms with van der Waals surface area (Å²) in [5.41, 5.74) is -0.336. The summed E-state index contributed by atoms with van der Waals surface area (Å²) >= 11 is 0. The Bertz CT molecular complexity index is 584. The molecule has 1 aromatic carbocycles. The summed E-state index contributed by atoms with van der Waals surface area (Å²) < 4.78 is 45.2.